The second-order valence-electron chi connectivity index (χ2n) is 6.96. The van der Waals surface area contributed by atoms with E-state index in [1.54, 1.807) is 0 Å². The van der Waals surface area contributed by atoms with Gasteiger partial charge < -0.3 is 10.2 Å². The summed E-state index contributed by atoms with van der Waals surface area (Å²) in [7, 11) is 4.33. The quantitative estimate of drug-likeness (QED) is 0.861. The minimum atomic E-state index is 0.981. The lowest BCUT2D eigenvalue weighted by Gasteiger charge is -2.27. The monoisotopic (exact) mass is 292 g/mol. The molecule has 0 amide bonds. The Bertz CT molecular complexity index is 454. The lowest BCUT2D eigenvalue weighted by atomic mass is 9.88. The van der Waals surface area contributed by atoms with Crippen molar-refractivity contribution in [3.8, 4) is 0 Å². The molecular formula is C17H28N2S. The molecule has 112 valence electrons. The zero-order chi connectivity index (χ0) is 14.1. The minimum absolute atomic E-state index is 0.981. The molecule has 1 aromatic rings. The number of nitrogens with one attached hydrogen (secondary N) is 1. The van der Waals surface area contributed by atoms with Gasteiger partial charge in [-0.1, -0.05) is 6.42 Å². The lowest BCUT2D eigenvalue weighted by Crippen LogP contribution is -2.28. The summed E-state index contributed by atoms with van der Waals surface area (Å²) in [5, 5.41) is 3.25. The third kappa shape index (κ3) is 3.10. The molecule has 3 heteroatoms. The van der Waals surface area contributed by atoms with Crippen molar-refractivity contribution in [3.05, 3.63) is 21.4 Å². The Hall–Kier alpha value is -0.380. The number of rotatable bonds is 6. The number of hydrogen-bond acceptors (Lipinski definition) is 3. The Morgan fingerprint density at radius 3 is 2.85 bits per heavy atom. The average molecular weight is 292 g/mol. The molecule has 3 unspecified atom stereocenters. The van der Waals surface area contributed by atoms with E-state index in [-0.39, 0.29) is 0 Å². The maximum Gasteiger partial charge on any atom is 0.0296 e. The molecule has 20 heavy (non-hydrogen) atoms. The Morgan fingerprint density at radius 2 is 2.20 bits per heavy atom. The van der Waals surface area contributed by atoms with Crippen LogP contribution in [0.25, 0.3) is 0 Å². The van der Waals surface area contributed by atoms with Gasteiger partial charge in [0, 0.05) is 29.4 Å². The molecule has 2 saturated carbocycles. The number of fused-ring (bicyclic) bond motifs is 2. The van der Waals surface area contributed by atoms with Gasteiger partial charge in [0.2, 0.25) is 0 Å². The Balaban J connectivity index is 1.54. The van der Waals surface area contributed by atoms with Gasteiger partial charge in [0.05, 0.1) is 0 Å². The molecule has 0 saturated heterocycles. The molecule has 2 aliphatic rings. The summed E-state index contributed by atoms with van der Waals surface area (Å²) in [6.45, 7) is 5.70. The van der Waals surface area contributed by atoms with Crippen LogP contribution in [0, 0.1) is 24.7 Å². The molecule has 1 heterocycles. The minimum Gasteiger partial charge on any atom is -0.315 e. The predicted molar refractivity (Wildman–Crippen MR) is 87.1 cm³/mol. The zero-order valence-electron chi connectivity index (χ0n) is 13.1. The number of thiophene rings is 1. The highest BCUT2D eigenvalue weighted by atomic mass is 32.1. The maximum atomic E-state index is 3.25. The molecule has 3 atom stereocenters. The van der Waals surface area contributed by atoms with Crippen LogP contribution in [0.5, 0.6) is 0 Å². The summed E-state index contributed by atoms with van der Waals surface area (Å²) >= 11 is 1.95. The fourth-order valence-electron chi connectivity index (χ4n) is 4.36. The van der Waals surface area contributed by atoms with Crippen LogP contribution in [0.4, 0.5) is 0 Å². The molecule has 1 aromatic heterocycles. The van der Waals surface area contributed by atoms with Gasteiger partial charge in [-0.05, 0) is 69.7 Å². The second kappa shape index (κ2) is 6.17. The highest BCUT2D eigenvalue weighted by Gasteiger charge is 2.39. The summed E-state index contributed by atoms with van der Waals surface area (Å²) in [5.74, 6) is 3.10. The maximum absolute atomic E-state index is 3.25. The molecule has 2 fully saturated rings. The highest BCUT2D eigenvalue weighted by molar-refractivity contribution is 7.12. The van der Waals surface area contributed by atoms with Gasteiger partial charge in [0.25, 0.3) is 0 Å². The topological polar surface area (TPSA) is 15.3 Å². The normalized spacial score (nSPS) is 28.7. The number of nitrogens with zero attached hydrogens (tertiary/aromatic N) is 1. The van der Waals surface area contributed by atoms with Crippen LogP contribution in [-0.4, -0.2) is 25.5 Å². The van der Waals surface area contributed by atoms with E-state index < -0.39 is 0 Å². The van der Waals surface area contributed by atoms with Crippen LogP contribution in [0.2, 0.25) is 0 Å². The van der Waals surface area contributed by atoms with E-state index in [0.717, 1.165) is 30.8 Å². The Kier molecular flexibility index (Phi) is 4.49. The smallest absolute Gasteiger partial charge is 0.0296 e. The number of hydrogen-bond donors (Lipinski definition) is 1. The van der Waals surface area contributed by atoms with Gasteiger partial charge in [-0.15, -0.1) is 11.3 Å². The van der Waals surface area contributed by atoms with Crippen LogP contribution < -0.4 is 5.32 Å². The summed E-state index contributed by atoms with van der Waals surface area (Å²) < 4.78 is 0. The van der Waals surface area contributed by atoms with Crippen LogP contribution in [0.15, 0.2) is 6.07 Å². The zero-order valence-corrected chi connectivity index (χ0v) is 13.9. The molecule has 0 aliphatic heterocycles. The Morgan fingerprint density at radius 1 is 1.35 bits per heavy atom. The van der Waals surface area contributed by atoms with Crippen molar-refractivity contribution in [2.45, 2.75) is 45.7 Å². The average Bonchev–Trinajstić information content (AvgIpc) is 3.07. The lowest BCUT2D eigenvalue weighted by molar-refractivity contribution is 0.214. The van der Waals surface area contributed by atoms with Gasteiger partial charge in [-0.2, -0.15) is 0 Å². The van der Waals surface area contributed by atoms with E-state index in [0.29, 0.717) is 0 Å². The van der Waals surface area contributed by atoms with Crippen molar-refractivity contribution in [1.82, 2.24) is 10.2 Å². The largest absolute Gasteiger partial charge is 0.315 e. The predicted octanol–water partition coefficient (Wildman–Crippen LogP) is 3.64. The standard InChI is InChI=1S/C17H28N2S/c1-12-15(8-17(20-12)9-18-2)10-19(3)11-16-7-13-4-5-14(16)6-13/h8,13-14,16,18H,4-7,9-11H2,1-3H3. The van der Waals surface area contributed by atoms with E-state index in [9.17, 15) is 0 Å². The molecule has 2 nitrogen and oxygen atoms in total. The highest BCUT2D eigenvalue weighted by Crippen LogP contribution is 2.48. The van der Waals surface area contributed by atoms with Gasteiger partial charge in [-0.25, -0.2) is 0 Å². The van der Waals surface area contributed by atoms with Crippen LogP contribution >= 0.6 is 11.3 Å². The van der Waals surface area contributed by atoms with Gasteiger partial charge >= 0.3 is 0 Å². The first-order valence-electron chi connectivity index (χ1n) is 8.07. The van der Waals surface area contributed by atoms with Crippen molar-refractivity contribution in [2.24, 2.45) is 17.8 Å². The van der Waals surface area contributed by atoms with Crippen molar-refractivity contribution in [1.29, 1.82) is 0 Å². The van der Waals surface area contributed by atoms with Gasteiger partial charge in [0.1, 0.15) is 0 Å². The summed E-state index contributed by atoms with van der Waals surface area (Å²) in [5.41, 5.74) is 1.53. The van der Waals surface area contributed by atoms with Gasteiger partial charge in [0.15, 0.2) is 0 Å². The second-order valence-corrected chi connectivity index (χ2v) is 8.30. The first-order chi connectivity index (χ1) is 9.65. The third-order valence-electron chi connectivity index (χ3n) is 5.29. The third-order valence-corrected chi connectivity index (χ3v) is 6.39. The summed E-state index contributed by atoms with van der Waals surface area (Å²) in [6, 6.07) is 2.40. The molecule has 2 aliphatic carbocycles. The van der Waals surface area contributed by atoms with Gasteiger partial charge in [-0.3, -0.25) is 0 Å². The molecule has 2 bridgehead atoms. The molecule has 0 aromatic carbocycles. The molecule has 0 radical (unpaired) electrons. The first kappa shape index (κ1) is 14.6. The molecule has 3 rings (SSSR count). The molecule has 1 N–H and O–H groups in total. The van der Waals surface area contributed by atoms with E-state index in [2.05, 4.69) is 30.3 Å². The van der Waals surface area contributed by atoms with Crippen molar-refractivity contribution < 1.29 is 0 Å². The first-order valence-corrected chi connectivity index (χ1v) is 8.88. The van der Waals surface area contributed by atoms with Crippen LogP contribution in [0.1, 0.15) is 41.0 Å². The molecule has 0 spiro atoms. The van der Waals surface area contributed by atoms with Crippen LogP contribution in [-0.2, 0) is 13.1 Å². The SMILES string of the molecule is CNCc1cc(CN(C)CC2CC3CCC2C3)c(C)s1. The fourth-order valence-corrected chi connectivity index (χ4v) is 5.43. The number of aryl methyl sites for hydroxylation is 1. The Labute approximate surface area is 127 Å². The molecular weight excluding hydrogens is 264 g/mol. The van der Waals surface area contributed by atoms with Crippen LogP contribution in [0.3, 0.4) is 0 Å². The summed E-state index contributed by atoms with van der Waals surface area (Å²) in [4.78, 5) is 5.52. The summed E-state index contributed by atoms with van der Waals surface area (Å²) in [6.07, 6.45) is 6.06. The fraction of sp³-hybridized carbons (Fsp3) is 0.765. The van der Waals surface area contributed by atoms with E-state index >= 15 is 0 Å². The van der Waals surface area contributed by atoms with Crippen molar-refractivity contribution in [3.63, 3.8) is 0 Å². The van der Waals surface area contributed by atoms with E-state index in [1.807, 2.05) is 18.4 Å². The van der Waals surface area contributed by atoms with E-state index in [4.69, 9.17) is 0 Å². The van der Waals surface area contributed by atoms with Crippen molar-refractivity contribution in [2.75, 3.05) is 20.6 Å². The van der Waals surface area contributed by atoms with E-state index in [1.165, 1.54) is 47.5 Å². The van der Waals surface area contributed by atoms with Crippen molar-refractivity contribution >= 4 is 11.3 Å².